The number of anilines is 1. The van der Waals surface area contributed by atoms with E-state index in [-0.39, 0.29) is 0 Å². The Hall–Kier alpha value is -2.27. The van der Waals surface area contributed by atoms with Gasteiger partial charge in [-0.05, 0) is 71.9 Å². The maximum absolute atomic E-state index is 6.15. The molecule has 0 saturated carbocycles. The maximum Gasteiger partial charge on any atom is 0.174 e. The van der Waals surface area contributed by atoms with E-state index in [1.165, 1.54) is 0 Å². The van der Waals surface area contributed by atoms with E-state index in [0.717, 1.165) is 22.6 Å². The van der Waals surface area contributed by atoms with Crippen molar-refractivity contribution in [3.8, 4) is 5.75 Å². The van der Waals surface area contributed by atoms with Crippen LogP contribution in [0.15, 0.2) is 72.8 Å². The van der Waals surface area contributed by atoms with Crippen molar-refractivity contribution in [3.05, 3.63) is 94.0 Å². The van der Waals surface area contributed by atoms with Gasteiger partial charge in [0.25, 0.3) is 0 Å². The van der Waals surface area contributed by atoms with Gasteiger partial charge in [-0.3, -0.25) is 0 Å². The van der Waals surface area contributed by atoms with Crippen molar-refractivity contribution in [3.63, 3.8) is 0 Å². The van der Waals surface area contributed by atoms with Gasteiger partial charge in [-0.1, -0.05) is 47.5 Å². The highest BCUT2D eigenvalue weighted by molar-refractivity contribution is 7.80. The van der Waals surface area contributed by atoms with E-state index < -0.39 is 0 Å². The molecule has 0 aliphatic rings. The Kier molecular flexibility index (Phi) is 7.15. The van der Waals surface area contributed by atoms with Crippen LogP contribution in [0.1, 0.15) is 11.1 Å². The van der Waals surface area contributed by atoms with Gasteiger partial charge in [0, 0.05) is 28.8 Å². The van der Waals surface area contributed by atoms with Crippen LogP contribution in [0.2, 0.25) is 10.0 Å². The van der Waals surface area contributed by atoms with Gasteiger partial charge in [-0.2, -0.15) is 0 Å². The molecule has 0 unspecified atom stereocenters. The van der Waals surface area contributed by atoms with Gasteiger partial charge in [0.15, 0.2) is 5.11 Å². The predicted molar refractivity (Wildman–Crippen MR) is 121 cm³/mol. The summed E-state index contributed by atoms with van der Waals surface area (Å²) in [5, 5.41) is 5.30. The zero-order valence-corrected chi connectivity index (χ0v) is 17.7. The Labute approximate surface area is 180 Å². The molecule has 0 spiro atoms. The monoisotopic (exact) mass is 430 g/mol. The van der Waals surface area contributed by atoms with E-state index in [2.05, 4.69) is 10.2 Å². The van der Waals surface area contributed by atoms with Crippen LogP contribution in [-0.2, 0) is 13.1 Å². The van der Waals surface area contributed by atoms with E-state index >= 15 is 0 Å². The Balaban J connectivity index is 1.79. The fraction of sp³-hybridized carbons (Fsp3) is 0.136. The standard InChI is InChI=1S/C22H20Cl2N2OS/c1-27-21-11-5-16(6-12-21)14-26(15-17-3-2-4-19(24)13-17)22(28)25-20-9-7-18(23)8-10-20/h2-13H,14-15H2,1H3,(H,25,28). The molecule has 0 bridgehead atoms. The molecular formula is C22H20Cl2N2OS. The summed E-state index contributed by atoms with van der Waals surface area (Å²) in [4.78, 5) is 2.09. The Bertz CT molecular complexity index is 930. The second-order valence-electron chi connectivity index (χ2n) is 6.27. The fourth-order valence-corrected chi connectivity index (χ4v) is 3.33. The zero-order valence-electron chi connectivity index (χ0n) is 15.4. The molecule has 0 fully saturated rings. The number of thiocarbonyl (C=S) groups is 1. The largest absolute Gasteiger partial charge is 0.497 e. The van der Waals surface area contributed by atoms with E-state index in [1.54, 1.807) is 7.11 Å². The molecular weight excluding hydrogens is 411 g/mol. The lowest BCUT2D eigenvalue weighted by Crippen LogP contribution is -2.33. The smallest absolute Gasteiger partial charge is 0.174 e. The fourth-order valence-electron chi connectivity index (χ4n) is 2.74. The number of nitrogens with zero attached hydrogens (tertiary/aromatic N) is 1. The second kappa shape index (κ2) is 9.78. The molecule has 3 aromatic rings. The van der Waals surface area contributed by atoms with Crippen molar-refractivity contribution in [2.45, 2.75) is 13.1 Å². The van der Waals surface area contributed by atoms with Crippen LogP contribution in [0.5, 0.6) is 5.75 Å². The summed E-state index contributed by atoms with van der Waals surface area (Å²) >= 11 is 17.8. The zero-order chi connectivity index (χ0) is 19.9. The molecule has 0 aromatic heterocycles. The maximum atomic E-state index is 6.15. The summed E-state index contributed by atoms with van der Waals surface area (Å²) in [5.41, 5.74) is 3.10. The average Bonchev–Trinajstić information content (AvgIpc) is 2.70. The molecule has 1 N–H and O–H groups in total. The minimum Gasteiger partial charge on any atom is -0.497 e. The van der Waals surface area contributed by atoms with Gasteiger partial charge in [0.05, 0.1) is 7.11 Å². The summed E-state index contributed by atoms with van der Waals surface area (Å²) < 4.78 is 5.24. The van der Waals surface area contributed by atoms with Crippen molar-refractivity contribution in [2.75, 3.05) is 12.4 Å². The number of ether oxygens (including phenoxy) is 1. The highest BCUT2D eigenvalue weighted by Gasteiger charge is 2.12. The van der Waals surface area contributed by atoms with Gasteiger partial charge in [0.2, 0.25) is 0 Å². The number of hydrogen-bond donors (Lipinski definition) is 1. The lowest BCUT2D eigenvalue weighted by atomic mass is 10.1. The van der Waals surface area contributed by atoms with Crippen LogP contribution >= 0.6 is 35.4 Å². The molecule has 0 radical (unpaired) electrons. The highest BCUT2D eigenvalue weighted by atomic mass is 35.5. The predicted octanol–water partition coefficient (Wildman–Crippen LogP) is 6.40. The lowest BCUT2D eigenvalue weighted by molar-refractivity contribution is 0.407. The van der Waals surface area contributed by atoms with Crippen LogP contribution < -0.4 is 10.1 Å². The minimum atomic E-state index is 0.623. The summed E-state index contributed by atoms with van der Waals surface area (Å²) in [6, 6.07) is 23.2. The van der Waals surface area contributed by atoms with E-state index in [1.807, 2.05) is 72.8 Å². The topological polar surface area (TPSA) is 24.5 Å². The minimum absolute atomic E-state index is 0.623. The van der Waals surface area contributed by atoms with Crippen molar-refractivity contribution < 1.29 is 4.74 Å². The van der Waals surface area contributed by atoms with Gasteiger partial charge >= 0.3 is 0 Å². The molecule has 3 aromatic carbocycles. The summed E-state index contributed by atoms with van der Waals surface area (Å²) in [6.07, 6.45) is 0. The van der Waals surface area contributed by atoms with Crippen LogP contribution in [0.25, 0.3) is 0 Å². The van der Waals surface area contributed by atoms with Crippen molar-refractivity contribution in [2.24, 2.45) is 0 Å². The first-order valence-electron chi connectivity index (χ1n) is 8.72. The van der Waals surface area contributed by atoms with Crippen LogP contribution in [-0.4, -0.2) is 17.1 Å². The van der Waals surface area contributed by atoms with Gasteiger partial charge in [-0.25, -0.2) is 0 Å². The summed E-state index contributed by atoms with van der Waals surface area (Å²) in [5.74, 6) is 0.826. The molecule has 28 heavy (non-hydrogen) atoms. The third kappa shape index (κ3) is 5.86. The van der Waals surface area contributed by atoms with E-state index in [4.69, 9.17) is 40.2 Å². The van der Waals surface area contributed by atoms with Crippen molar-refractivity contribution in [1.82, 2.24) is 4.90 Å². The number of benzene rings is 3. The molecule has 0 aliphatic heterocycles. The van der Waals surface area contributed by atoms with Crippen LogP contribution in [0.4, 0.5) is 5.69 Å². The van der Waals surface area contributed by atoms with Crippen LogP contribution in [0.3, 0.4) is 0 Å². The van der Waals surface area contributed by atoms with Gasteiger partial charge in [-0.15, -0.1) is 0 Å². The molecule has 6 heteroatoms. The van der Waals surface area contributed by atoms with Gasteiger partial charge in [0.1, 0.15) is 5.75 Å². The summed E-state index contributed by atoms with van der Waals surface area (Å²) in [6.45, 7) is 1.28. The first kappa shape index (κ1) is 20.5. The SMILES string of the molecule is COc1ccc(CN(Cc2cccc(Cl)c2)C(=S)Nc2ccc(Cl)cc2)cc1. The molecule has 0 amide bonds. The molecule has 0 heterocycles. The number of hydrogen-bond acceptors (Lipinski definition) is 2. The summed E-state index contributed by atoms with van der Waals surface area (Å²) in [7, 11) is 1.66. The quantitative estimate of drug-likeness (QED) is 0.457. The number of nitrogens with one attached hydrogen (secondary N) is 1. The first-order valence-corrected chi connectivity index (χ1v) is 9.89. The Morgan fingerprint density at radius 3 is 2.21 bits per heavy atom. The molecule has 3 nitrogen and oxygen atoms in total. The average molecular weight is 431 g/mol. The van der Waals surface area contributed by atoms with Gasteiger partial charge < -0.3 is 15.0 Å². The lowest BCUT2D eigenvalue weighted by Gasteiger charge is -2.26. The molecule has 144 valence electrons. The number of methoxy groups -OCH3 is 1. The highest BCUT2D eigenvalue weighted by Crippen LogP contribution is 2.19. The molecule has 0 aliphatic carbocycles. The first-order chi connectivity index (χ1) is 13.5. The molecule has 0 saturated heterocycles. The van der Waals surface area contributed by atoms with Crippen LogP contribution in [0, 0.1) is 0 Å². The van der Waals surface area contributed by atoms with Crippen molar-refractivity contribution in [1.29, 1.82) is 0 Å². The Morgan fingerprint density at radius 1 is 0.893 bits per heavy atom. The Morgan fingerprint density at radius 2 is 1.57 bits per heavy atom. The van der Waals surface area contributed by atoms with E-state index in [9.17, 15) is 0 Å². The third-order valence-electron chi connectivity index (χ3n) is 4.18. The van der Waals surface area contributed by atoms with Crippen molar-refractivity contribution >= 4 is 46.2 Å². The number of rotatable bonds is 6. The van der Waals surface area contributed by atoms with E-state index in [0.29, 0.717) is 28.2 Å². The molecule has 0 atom stereocenters. The molecule has 3 rings (SSSR count). The second-order valence-corrected chi connectivity index (χ2v) is 7.53. The number of halogens is 2. The normalized spacial score (nSPS) is 10.4. The third-order valence-corrected chi connectivity index (χ3v) is 5.02.